The molecule has 0 radical (unpaired) electrons. The average Bonchev–Trinajstić information content (AvgIpc) is 2.95. The van der Waals surface area contributed by atoms with Crippen LogP contribution in [0.4, 0.5) is 5.95 Å². The molecule has 0 aliphatic carbocycles. The molecule has 6 heteroatoms. The fourth-order valence-electron chi connectivity index (χ4n) is 2.09. The van der Waals surface area contributed by atoms with Gasteiger partial charge in [-0.15, -0.1) is 0 Å². The van der Waals surface area contributed by atoms with E-state index < -0.39 is 0 Å². The highest BCUT2D eigenvalue weighted by atomic mass is 16.5. The van der Waals surface area contributed by atoms with Gasteiger partial charge in [0, 0.05) is 38.8 Å². The number of nitrogens with one attached hydrogen (secondary N) is 1. The molecule has 0 saturated heterocycles. The molecule has 0 saturated carbocycles. The minimum absolute atomic E-state index is 0.202. The van der Waals surface area contributed by atoms with Crippen LogP contribution in [0.2, 0.25) is 0 Å². The molecule has 0 bridgehead atoms. The van der Waals surface area contributed by atoms with Crippen LogP contribution in [0.5, 0.6) is 0 Å². The average molecular weight is 263 g/mol. The largest absolute Gasteiger partial charge is 0.383 e. The predicted molar refractivity (Wildman–Crippen MR) is 74.7 cm³/mol. The van der Waals surface area contributed by atoms with Gasteiger partial charge in [0.05, 0.1) is 18.0 Å². The van der Waals surface area contributed by atoms with E-state index in [9.17, 15) is 0 Å². The predicted octanol–water partition coefficient (Wildman–Crippen LogP) is 1.61. The summed E-state index contributed by atoms with van der Waals surface area (Å²) in [6.07, 6.45) is 6.63. The molecule has 2 rings (SSSR count). The van der Waals surface area contributed by atoms with Gasteiger partial charge in [-0.2, -0.15) is 5.10 Å². The van der Waals surface area contributed by atoms with E-state index in [0.717, 1.165) is 23.8 Å². The number of nitrogens with zero attached hydrogens (tertiary/aromatic N) is 4. The number of methoxy groups -OCH3 is 1. The van der Waals surface area contributed by atoms with Gasteiger partial charge in [-0.05, 0) is 13.3 Å². The summed E-state index contributed by atoms with van der Waals surface area (Å²) >= 11 is 0. The molecule has 0 amide bonds. The normalized spacial score (nSPS) is 12.6. The maximum Gasteiger partial charge on any atom is 0.207 e. The molecule has 19 heavy (non-hydrogen) atoms. The van der Waals surface area contributed by atoms with E-state index >= 15 is 0 Å². The van der Waals surface area contributed by atoms with Crippen molar-refractivity contribution in [3.05, 3.63) is 24.3 Å². The number of rotatable bonds is 6. The van der Waals surface area contributed by atoms with Gasteiger partial charge in [-0.1, -0.05) is 6.92 Å². The van der Waals surface area contributed by atoms with Gasteiger partial charge in [0.15, 0.2) is 0 Å². The molecular weight excluding hydrogens is 242 g/mol. The Hall–Kier alpha value is -1.82. The molecular formula is C13H21N5O. The Labute approximate surface area is 113 Å². The van der Waals surface area contributed by atoms with Crippen LogP contribution >= 0.6 is 0 Å². The molecule has 1 N–H and O–H groups in total. The van der Waals surface area contributed by atoms with E-state index in [1.165, 1.54) is 0 Å². The van der Waals surface area contributed by atoms with Crippen LogP contribution in [0, 0.1) is 0 Å². The van der Waals surface area contributed by atoms with Gasteiger partial charge in [-0.3, -0.25) is 9.25 Å². The van der Waals surface area contributed by atoms with Crippen LogP contribution in [0.25, 0.3) is 5.69 Å². The summed E-state index contributed by atoms with van der Waals surface area (Å²) in [4.78, 5) is 4.36. The van der Waals surface area contributed by atoms with Crippen LogP contribution in [-0.2, 0) is 18.2 Å². The summed E-state index contributed by atoms with van der Waals surface area (Å²) in [5, 5.41) is 7.80. The smallest absolute Gasteiger partial charge is 0.207 e. The Kier molecular flexibility index (Phi) is 4.21. The van der Waals surface area contributed by atoms with E-state index in [0.29, 0.717) is 6.61 Å². The van der Waals surface area contributed by atoms with Gasteiger partial charge in [0.2, 0.25) is 5.95 Å². The number of ether oxygens (including phenoxy) is 1. The third kappa shape index (κ3) is 2.96. The molecule has 0 aliphatic heterocycles. The summed E-state index contributed by atoms with van der Waals surface area (Å²) in [7, 11) is 3.63. The zero-order valence-corrected chi connectivity index (χ0v) is 11.9. The lowest BCUT2D eigenvalue weighted by Crippen LogP contribution is -2.22. The fraction of sp³-hybridized carbons (Fsp3) is 0.538. The Morgan fingerprint density at radius 2 is 2.26 bits per heavy atom. The third-order valence-electron chi connectivity index (χ3n) is 2.91. The first-order valence-corrected chi connectivity index (χ1v) is 6.47. The van der Waals surface area contributed by atoms with Crippen LogP contribution < -0.4 is 5.32 Å². The minimum Gasteiger partial charge on any atom is -0.383 e. The first kappa shape index (κ1) is 13.6. The highest BCUT2D eigenvalue weighted by Gasteiger charge is 2.13. The van der Waals surface area contributed by atoms with Crippen LogP contribution in [0.1, 0.15) is 19.5 Å². The Balaban J connectivity index is 2.28. The molecule has 2 aromatic rings. The van der Waals surface area contributed by atoms with Crippen molar-refractivity contribution in [1.82, 2.24) is 19.3 Å². The molecule has 104 valence electrons. The van der Waals surface area contributed by atoms with Gasteiger partial charge < -0.3 is 10.1 Å². The molecule has 2 aromatic heterocycles. The van der Waals surface area contributed by atoms with Crippen molar-refractivity contribution in [2.45, 2.75) is 26.3 Å². The Bertz CT molecular complexity index is 531. The molecule has 0 fully saturated rings. The van der Waals surface area contributed by atoms with Crippen molar-refractivity contribution in [2.24, 2.45) is 7.05 Å². The first-order chi connectivity index (χ1) is 9.15. The number of hydrogen-bond acceptors (Lipinski definition) is 4. The highest BCUT2D eigenvalue weighted by molar-refractivity contribution is 5.44. The topological polar surface area (TPSA) is 56.9 Å². The monoisotopic (exact) mass is 263 g/mol. The summed E-state index contributed by atoms with van der Waals surface area (Å²) in [6, 6.07) is 0.202. The molecule has 1 unspecified atom stereocenters. The van der Waals surface area contributed by atoms with Crippen LogP contribution in [0.15, 0.2) is 18.6 Å². The number of imidazole rings is 1. The summed E-state index contributed by atoms with van der Waals surface area (Å²) in [6.45, 7) is 4.80. The molecule has 6 nitrogen and oxygen atoms in total. The van der Waals surface area contributed by atoms with E-state index in [2.05, 4.69) is 29.2 Å². The standard InChI is InChI=1S/C13H21N5O/c1-5-11-12(8-17(3)16-11)18-7-6-14-13(18)15-10(2)9-19-4/h6-8,10H,5,9H2,1-4H3,(H,14,15). The quantitative estimate of drug-likeness (QED) is 0.860. The van der Waals surface area contributed by atoms with E-state index in [4.69, 9.17) is 4.74 Å². The second-order valence-electron chi connectivity index (χ2n) is 4.61. The number of aryl methyl sites for hydroxylation is 2. The van der Waals surface area contributed by atoms with Crippen molar-refractivity contribution < 1.29 is 4.74 Å². The number of hydrogen-bond donors (Lipinski definition) is 1. The van der Waals surface area contributed by atoms with Crippen molar-refractivity contribution in [3.63, 3.8) is 0 Å². The summed E-state index contributed by atoms with van der Waals surface area (Å²) < 4.78 is 8.99. The highest BCUT2D eigenvalue weighted by Crippen LogP contribution is 2.18. The lowest BCUT2D eigenvalue weighted by molar-refractivity contribution is 0.190. The van der Waals surface area contributed by atoms with Gasteiger partial charge in [-0.25, -0.2) is 4.98 Å². The molecule has 2 heterocycles. The molecule has 1 atom stereocenters. The van der Waals surface area contributed by atoms with Crippen molar-refractivity contribution in [3.8, 4) is 5.69 Å². The fourth-order valence-corrected chi connectivity index (χ4v) is 2.09. The van der Waals surface area contributed by atoms with E-state index in [1.807, 2.05) is 28.7 Å². The zero-order chi connectivity index (χ0) is 13.8. The number of anilines is 1. The summed E-state index contributed by atoms with van der Waals surface area (Å²) in [5.41, 5.74) is 2.12. The molecule has 0 spiro atoms. The minimum atomic E-state index is 0.202. The second-order valence-corrected chi connectivity index (χ2v) is 4.61. The lowest BCUT2D eigenvalue weighted by Gasteiger charge is -2.14. The van der Waals surface area contributed by atoms with Gasteiger partial charge >= 0.3 is 0 Å². The van der Waals surface area contributed by atoms with Gasteiger partial charge in [0.25, 0.3) is 0 Å². The number of aromatic nitrogens is 4. The maximum absolute atomic E-state index is 5.13. The Morgan fingerprint density at radius 3 is 2.95 bits per heavy atom. The van der Waals surface area contributed by atoms with Gasteiger partial charge in [0.1, 0.15) is 0 Å². The second kappa shape index (κ2) is 5.88. The third-order valence-corrected chi connectivity index (χ3v) is 2.91. The first-order valence-electron chi connectivity index (χ1n) is 6.47. The van der Waals surface area contributed by atoms with Crippen LogP contribution in [0.3, 0.4) is 0 Å². The van der Waals surface area contributed by atoms with Crippen molar-refractivity contribution in [1.29, 1.82) is 0 Å². The maximum atomic E-state index is 5.13. The molecule has 0 aliphatic rings. The lowest BCUT2D eigenvalue weighted by atomic mass is 10.3. The zero-order valence-electron chi connectivity index (χ0n) is 11.9. The SMILES string of the molecule is CCc1nn(C)cc1-n1ccnc1NC(C)COC. The van der Waals surface area contributed by atoms with Crippen molar-refractivity contribution >= 4 is 5.95 Å². The van der Waals surface area contributed by atoms with E-state index in [-0.39, 0.29) is 6.04 Å². The van der Waals surface area contributed by atoms with Crippen LogP contribution in [-0.4, -0.2) is 39.1 Å². The van der Waals surface area contributed by atoms with Crippen molar-refractivity contribution in [2.75, 3.05) is 19.0 Å². The molecule has 0 aromatic carbocycles. The Morgan fingerprint density at radius 1 is 1.47 bits per heavy atom. The summed E-state index contributed by atoms with van der Waals surface area (Å²) in [5.74, 6) is 0.812. The van der Waals surface area contributed by atoms with E-state index in [1.54, 1.807) is 13.3 Å².